The largest absolute Gasteiger partial charge is 0.509 e. The van der Waals surface area contributed by atoms with E-state index >= 15 is 0 Å². The monoisotopic (exact) mass is 1310 g/mol. The van der Waals surface area contributed by atoms with Crippen LogP contribution < -0.4 is 0 Å². The third-order valence-electron chi connectivity index (χ3n) is 14.3. The number of rotatable bonds is 41. The van der Waals surface area contributed by atoms with Crippen molar-refractivity contribution in [3.8, 4) is 0 Å². The van der Waals surface area contributed by atoms with Gasteiger partial charge in [0.1, 0.15) is 75.6 Å². The summed E-state index contributed by atoms with van der Waals surface area (Å²) in [6.07, 6.45) is 3.86. The minimum atomic E-state index is -1.46. The standard InChI is InChI=1S/C52H78O22S8/c53-41(3-11-75)65-23-51(24-66-42(54)4-12-76,29-71-49(61)73-31-79)27-69-45(57)7-15-81-39-21-33-17-35(39)37(19-33)47(59)63-9-1-2-10-64-48(60)38-20-34-18-36(38)40(22-34)82-16-8-46(58)70-28-52(25-67-43(55)5-13-77,26-68-44(56)6-14-78)30-72-50(62)74-32-80/h33-40,75-80H,1-32H2. The van der Waals surface area contributed by atoms with Gasteiger partial charge in [0.05, 0.1) is 63.6 Å². The highest BCUT2D eigenvalue weighted by molar-refractivity contribution is 8.00. The maximum atomic E-state index is 13.3. The van der Waals surface area contributed by atoms with E-state index in [9.17, 15) is 47.9 Å². The molecule has 4 bridgehead atoms. The van der Waals surface area contributed by atoms with Crippen LogP contribution in [0.5, 0.6) is 0 Å². The van der Waals surface area contributed by atoms with Gasteiger partial charge in [-0.3, -0.25) is 38.4 Å². The first-order chi connectivity index (χ1) is 39.4. The summed E-state index contributed by atoms with van der Waals surface area (Å²) < 4.78 is 64.0. The predicted octanol–water partition coefficient (Wildman–Crippen LogP) is 6.52. The number of carbonyl (C=O) groups excluding carboxylic acids is 10. The van der Waals surface area contributed by atoms with Crippen molar-refractivity contribution in [2.45, 2.75) is 100 Å². The minimum Gasteiger partial charge on any atom is -0.465 e. The summed E-state index contributed by atoms with van der Waals surface area (Å²) >= 11 is 27.1. The van der Waals surface area contributed by atoms with Crippen molar-refractivity contribution in [3.63, 3.8) is 0 Å². The summed E-state index contributed by atoms with van der Waals surface area (Å²) in [6.45, 7) is -3.09. The quantitative estimate of drug-likeness (QED) is 0.0125. The maximum absolute atomic E-state index is 13.3. The number of ether oxygens (including phenoxy) is 12. The number of hydrogen-bond acceptors (Lipinski definition) is 30. The molecule has 0 aromatic carbocycles. The predicted molar refractivity (Wildman–Crippen MR) is 319 cm³/mol. The number of thioether (sulfide) groups is 2. The lowest BCUT2D eigenvalue weighted by Gasteiger charge is -2.31. The summed E-state index contributed by atoms with van der Waals surface area (Å²) in [4.78, 5) is 126. The molecule has 4 rings (SSSR count). The van der Waals surface area contributed by atoms with Crippen LogP contribution in [0.3, 0.4) is 0 Å². The van der Waals surface area contributed by atoms with Crippen molar-refractivity contribution in [2.75, 3.05) is 112 Å². The fraction of sp³-hybridized carbons (Fsp3) is 0.808. The van der Waals surface area contributed by atoms with E-state index in [0.717, 1.165) is 38.5 Å². The Morgan fingerprint density at radius 2 is 0.646 bits per heavy atom. The Balaban J connectivity index is 1.16. The van der Waals surface area contributed by atoms with Crippen LogP contribution in [0.15, 0.2) is 0 Å². The highest BCUT2D eigenvalue weighted by Crippen LogP contribution is 2.54. The summed E-state index contributed by atoms with van der Waals surface area (Å²) in [7, 11) is 0. The number of carbonyl (C=O) groups is 10. The summed E-state index contributed by atoms with van der Waals surface area (Å²) in [5.41, 5.74) is -2.92. The molecule has 0 aliphatic heterocycles. The Morgan fingerprint density at radius 3 is 0.927 bits per heavy atom. The van der Waals surface area contributed by atoms with Gasteiger partial charge in [-0.05, 0) is 75.0 Å². The van der Waals surface area contributed by atoms with Crippen LogP contribution >= 0.6 is 99.3 Å². The first kappa shape index (κ1) is 71.6. The zero-order valence-electron chi connectivity index (χ0n) is 45.7. The van der Waals surface area contributed by atoms with E-state index < -0.39 is 112 Å². The third kappa shape index (κ3) is 25.6. The van der Waals surface area contributed by atoms with Crippen molar-refractivity contribution in [1.29, 1.82) is 0 Å². The average molecular weight is 1310 g/mol. The normalized spacial score (nSPS) is 21.4. The Hall–Kier alpha value is -2.90. The van der Waals surface area contributed by atoms with Crippen LogP contribution in [0.1, 0.15) is 89.9 Å². The van der Waals surface area contributed by atoms with Gasteiger partial charge >= 0.3 is 60.1 Å². The van der Waals surface area contributed by atoms with Gasteiger partial charge in [-0.15, -0.1) is 25.3 Å². The zero-order chi connectivity index (χ0) is 59.9. The van der Waals surface area contributed by atoms with E-state index in [1.54, 1.807) is 23.5 Å². The van der Waals surface area contributed by atoms with Gasteiger partial charge in [-0.2, -0.15) is 74.0 Å². The second-order valence-electron chi connectivity index (χ2n) is 20.5. The fourth-order valence-corrected chi connectivity index (χ4v) is 14.2. The molecule has 82 heavy (non-hydrogen) atoms. The molecule has 0 heterocycles. The molecule has 8 atom stereocenters. The molecule has 0 spiro atoms. The zero-order valence-corrected chi connectivity index (χ0v) is 52.7. The molecular formula is C52H78O22S8. The molecule has 0 aromatic heterocycles. The lowest BCUT2D eigenvalue weighted by molar-refractivity contribution is -0.168. The Labute approximate surface area is 519 Å². The molecule has 30 heteroatoms. The summed E-state index contributed by atoms with van der Waals surface area (Å²) in [5, 5.41) is 0.269. The smallest absolute Gasteiger partial charge is 0.465 e. The van der Waals surface area contributed by atoms with Crippen molar-refractivity contribution >= 4 is 159 Å². The van der Waals surface area contributed by atoms with Crippen molar-refractivity contribution < 1.29 is 105 Å². The lowest BCUT2D eigenvalue weighted by Crippen LogP contribution is -2.44. The van der Waals surface area contributed by atoms with Gasteiger partial charge in [0.25, 0.3) is 0 Å². The molecule has 0 amide bonds. The second-order valence-corrected chi connectivity index (χ2v) is 25.5. The molecular weight excluding hydrogens is 1230 g/mol. The molecule has 8 unspecified atom stereocenters. The first-order valence-corrected chi connectivity index (χ1v) is 33.1. The highest BCUT2D eigenvalue weighted by Gasteiger charge is 2.51. The van der Waals surface area contributed by atoms with Crippen LogP contribution in [0.2, 0.25) is 0 Å². The van der Waals surface area contributed by atoms with Crippen LogP contribution in [0.4, 0.5) is 9.59 Å². The summed E-state index contributed by atoms with van der Waals surface area (Å²) in [5.74, 6) is -2.64. The van der Waals surface area contributed by atoms with Gasteiger partial charge in [-0.1, -0.05) is 0 Å². The van der Waals surface area contributed by atoms with Gasteiger partial charge in [0, 0.05) is 45.0 Å². The number of unbranched alkanes of at least 4 members (excludes halogenated alkanes) is 1. The SMILES string of the molecule is O=C(CCS)OCC(COC(=O)CCS)(COC(=O)CCSC1CC2CC(C(=O)OCCCCOC(=O)C3CC4CC(SCCC(=O)OCC(COC(=O)CCS)(COC(=O)CCS)COC(=O)OCS)C3C4)C1C2)COC(=O)OCS. The number of hydrogen-bond donors (Lipinski definition) is 6. The van der Waals surface area contributed by atoms with Crippen LogP contribution in [0.25, 0.3) is 0 Å². The molecule has 4 aliphatic carbocycles. The topological polar surface area (TPSA) is 281 Å². The Morgan fingerprint density at radius 1 is 0.354 bits per heavy atom. The molecule has 0 N–H and O–H groups in total. The van der Waals surface area contributed by atoms with Crippen molar-refractivity contribution in [1.82, 2.24) is 0 Å². The molecule has 0 saturated heterocycles. The van der Waals surface area contributed by atoms with Crippen molar-refractivity contribution in [3.05, 3.63) is 0 Å². The highest BCUT2D eigenvalue weighted by atomic mass is 32.2. The Kier molecular flexibility index (Phi) is 34.0. The van der Waals surface area contributed by atoms with Gasteiger partial charge < -0.3 is 56.8 Å². The average Bonchev–Trinajstić information content (AvgIpc) is 3.64. The second kappa shape index (κ2) is 39.0. The summed E-state index contributed by atoms with van der Waals surface area (Å²) in [6, 6.07) is 0. The molecule has 4 fully saturated rings. The maximum Gasteiger partial charge on any atom is 0.509 e. The van der Waals surface area contributed by atoms with Gasteiger partial charge in [0.2, 0.25) is 0 Å². The molecule has 0 radical (unpaired) electrons. The van der Waals surface area contributed by atoms with Crippen LogP contribution in [-0.4, -0.2) is 183 Å². The molecule has 4 saturated carbocycles. The van der Waals surface area contributed by atoms with E-state index in [-0.39, 0.29) is 133 Å². The third-order valence-corrected chi connectivity index (χ3v) is 18.2. The molecule has 22 nitrogen and oxygen atoms in total. The van der Waals surface area contributed by atoms with E-state index in [0.29, 0.717) is 36.2 Å². The number of thiol groups is 6. The minimum absolute atomic E-state index is 0.0124. The molecule has 0 aromatic rings. The molecule has 466 valence electrons. The fourth-order valence-electron chi connectivity index (χ4n) is 10.2. The Bertz CT molecular complexity index is 1840. The molecule has 4 aliphatic rings. The first-order valence-electron chi connectivity index (χ1n) is 27.2. The van der Waals surface area contributed by atoms with Crippen LogP contribution in [0, 0.1) is 46.3 Å². The lowest BCUT2D eigenvalue weighted by atomic mass is 9.88. The van der Waals surface area contributed by atoms with E-state index in [1.807, 2.05) is 0 Å². The van der Waals surface area contributed by atoms with Crippen molar-refractivity contribution in [2.24, 2.45) is 46.3 Å². The van der Waals surface area contributed by atoms with E-state index in [2.05, 4.69) is 75.8 Å². The van der Waals surface area contributed by atoms with Gasteiger partial charge in [-0.25, -0.2) is 9.59 Å². The van der Waals surface area contributed by atoms with Gasteiger partial charge in [0.15, 0.2) is 0 Å². The van der Waals surface area contributed by atoms with Crippen LogP contribution in [-0.2, 0) is 95.2 Å². The van der Waals surface area contributed by atoms with E-state index in [4.69, 9.17) is 56.8 Å². The number of fused-ring (bicyclic) bond motifs is 4. The van der Waals surface area contributed by atoms with E-state index in [1.165, 1.54) is 0 Å². The number of esters is 8.